The highest BCUT2D eigenvalue weighted by Gasteiger charge is 2.21. The van der Waals surface area contributed by atoms with Gasteiger partial charge in [-0.3, -0.25) is 0 Å². The zero-order valence-electron chi connectivity index (χ0n) is 10.6. The quantitative estimate of drug-likeness (QED) is 0.757. The second-order valence-corrected chi connectivity index (χ2v) is 8.18. The second kappa shape index (κ2) is 5.67. The van der Waals surface area contributed by atoms with Crippen LogP contribution in [0.25, 0.3) is 0 Å². The van der Waals surface area contributed by atoms with E-state index in [1.165, 1.54) is 12.1 Å². The van der Waals surface area contributed by atoms with Crippen LogP contribution in [0.2, 0.25) is 5.02 Å². The number of hydrogen-bond donors (Lipinski definition) is 2. The molecule has 21 heavy (non-hydrogen) atoms. The zero-order chi connectivity index (χ0) is 15.7. The molecule has 0 spiro atoms. The van der Waals surface area contributed by atoms with Gasteiger partial charge < -0.3 is 0 Å². The van der Waals surface area contributed by atoms with E-state index in [-0.39, 0.29) is 27.2 Å². The molecule has 114 valence electrons. The van der Waals surface area contributed by atoms with Crippen molar-refractivity contribution < 1.29 is 16.8 Å². The fourth-order valence-electron chi connectivity index (χ4n) is 1.41. The van der Waals surface area contributed by atoms with Gasteiger partial charge >= 0.3 is 0 Å². The predicted molar refractivity (Wildman–Crippen MR) is 72.8 cm³/mol. The number of H-pyrrole nitrogens is 1. The molecule has 0 aliphatic heterocycles. The number of benzene rings is 1. The van der Waals surface area contributed by atoms with Crippen molar-refractivity contribution >= 4 is 31.5 Å². The molecular formula is C9H10ClN5O4S2. The zero-order valence-corrected chi connectivity index (χ0v) is 13.0. The van der Waals surface area contributed by atoms with E-state index >= 15 is 0 Å². The summed E-state index contributed by atoms with van der Waals surface area (Å²) in [5.41, 5.74) is 0. The van der Waals surface area contributed by atoms with Crippen LogP contribution in [0.5, 0.6) is 0 Å². The Hall–Kier alpha value is -1.56. The number of sulfonamides is 1. The van der Waals surface area contributed by atoms with Gasteiger partial charge in [-0.25, -0.2) is 21.6 Å². The lowest BCUT2D eigenvalue weighted by molar-refractivity contribution is 0.579. The van der Waals surface area contributed by atoms with Gasteiger partial charge in [0.25, 0.3) is 0 Å². The average molecular weight is 352 g/mol. The van der Waals surface area contributed by atoms with Gasteiger partial charge in [0.1, 0.15) is 4.90 Å². The topological polar surface area (TPSA) is 135 Å². The number of hydrogen-bond acceptors (Lipinski definition) is 7. The lowest BCUT2D eigenvalue weighted by Gasteiger charge is -2.08. The van der Waals surface area contributed by atoms with E-state index in [0.29, 0.717) is 0 Å². The third-order valence-corrected chi connectivity index (χ3v) is 5.42. The summed E-state index contributed by atoms with van der Waals surface area (Å²) in [5.74, 6) is 0.133. The van der Waals surface area contributed by atoms with Crippen molar-refractivity contribution in [3.8, 4) is 0 Å². The molecule has 0 atom stereocenters. The van der Waals surface area contributed by atoms with Crippen LogP contribution in [0.1, 0.15) is 5.82 Å². The summed E-state index contributed by atoms with van der Waals surface area (Å²) in [6.07, 6.45) is 0.972. The van der Waals surface area contributed by atoms with E-state index in [2.05, 4.69) is 25.3 Å². The fraction of sp³-hybridized carbons (Fsp3) is 0.222. The Morgan fingerprint density at radius 1 is 1.29 bits per heavy atom. The monoisotopic (exact) mass is 351 g/mol. The lowest BCUT2D eigenvalue weighted by atomic mass is 10.4. The van der Waals surface area contributed by atoms with Crippen LogP contribution in [0.4, 0.5) is 0 Å². The number of tetrazole rings is 1. The second-order valence-electron chi connectivity index (χ2n) is 4.02. The molecule has 0 unspecified atom stereocenters. The van der Waals surface area contributed by atoms with E-state index < -0.39 is 19.9 Å². The third kappa shape index (κ3) is 3.75. The Labute approximate surface area is 125 Å². The number of rotatable bonds is 5. The molecule has 0 amide bonds. The van der Waals surface area contributed by atoms with Crippen LogP contribution in [0.3, 0.4) is 0 Å². The lowest BCUT2D eigenvalue weighted by Crippen LogP contribution is -2.24. The van der Waals surface area contributed by atoms with Crippen LogP contribution in [-0.2, 0) is 26.4 Å². The standard InChI is InChI=1S/C9H10ClN5O4S2/c1-20(16,17)6-2-3-7(10)8(4-6)21(18,19)11-5-9-12-14-15-13-9/h2-4,11H,5H2,1H3,(H,12,13,14,15). The summed E-state index contributed by atoms with van der Waals surface area (Å²) in [6.45, 7) is -0.210. The minimum Gasteiger partial charge on any atom is -0.224 e. The third-order valence-electron chi connectivity index (χ3n) is 2.43. The first-order valence-corrected chi connectivity index (χ1v) is 9.17. The van der Waals surface area contributed by atoms with E-state index in [1.54, 1.807) is 0 Å². The molecule has 0 bridgehead atoms. The highest BCUT2D eigenvalue weighted by atomic mass is 35.5. The molecule has 2 aromatic rings. The normalized spacial score (nSPS) is 12.5. The molecule has 0 radical (unpaired) electrons. The molecule has 0 aliphatic rings. The van der Waals surface area contributed by atoms with Gasteiger partial charge in [0.15, 0.2) is 15.7 Å². The van der Waals surface area contributed by atoms with Crippen LogP contribution in [-0.4, -0.2) is 43.7 Å². The van der Waals surface area contributed by atoms with Gasteiger partial charge in [-0.15, -0.1) is 10.2 Å². The van der Waals surface area contributed by atoms with Gasteiger partial charge in [-0.1, -0.05) is 16.8 Å². The van der Waals surface area contributed by atoms with Crippen LogP contribution in [0, 0.1) is 0 Å². The molecule has 0 saturated heterocycles. The van der Waals surface area contributed by atoms with Gasteiger partial charge in [0, 0.05) is 6.26 Å². The molecule has 0 saturated carbocycles. The first-order chi connectivity index (χ1) is 9.70. The predicted octanol–water partition coefficient (Wildman–Crippen LogP) is -0.265. The number of aromatic nitrogens is 4. The van der Waals surface area contributed by atoms with E-state index in [4.69, 9.17) is 11.6 Å². The van der Waals surface area contributed by atoms with Crippen LogP contribution in [0.15, 0.2) is 28.0 Å². The number of halogens is 1. The summed E-state index contributed by atoms with van der Waals surface area (Å²) in [5, 5.41) is 12.5. The van der Waals surface area contributed by atoms with Crippen molar-refractivity contribution in [1.82, 2.24) is 25.3 Å². The number of nitrogens with zero attached hydrogens (tertiary/aromatic N) is 3. The van der Waals surface area contributed by atoms with Gasteiger partial charge in [0.2, 0.25) is 10.0 Å². The highest BCUT2D eigenvalue weighted by molar-refractivity contribution is 7.91. The number of sulfone groups is 1. The SMILES string of the molecule is CS(=O)(=O)c1ccc(Cl)c(S(=O)(=O)NCc2nn[nH]n2)c1. The molecule has 1 aromatic heterocycles. The van der Waals surface area contributed by atoms with Crippen molar-refractivity contribution in [2.45, 2.75) is 16.3 Å². The number of aromatic amines is 1. The molecule has 2 rings (SSSR count). The maximum absolute atomic E-state index is 12.2. The van der Waals surface area contributed by atoms with Gasteiger partial charge in [-0.05, 0) is 18.2 Å². The average Bonchev–Trinajstić information content (AvgIpc) is 2.88. The molecule has 12 heteroatoms. The molecular weight excluding hydrogens is 342 g/mol. The van der Waals surface area contributed by atoms with E-state index in [0.717, 1.165) is 12.3 Å². The van der Waals surface area contributed by atoms with Crippen LogP contribution < -0.4 is 4.72 Å². The summed E-state index contributed by atoms with van der Waals surface area (Å²) in [4.78, 5) is -0.484. The van der Waals surface area contributed by atoms with Crippen molar-refractivity contribution in [2.24, 2.45) is 0 Å². The largest absolute Gasteiger partial charge is 0.242 e. The molecule has 1 aromatic carbocycles. The number of nitrogens with one attached hydrogen (secondary N) is 2. The Morgan fingerprint density at radius 2 is 2.00 bits per heavy atom. The smallest absolute Gasteiger partial charge is 0.224 e. The Kier molecular flexibility index (Phi) is 4.27. The Balaban J connectivity index is 2.35. The summed E-state index contributed by atoms with van der Waals surface area (Å²) < 4.78 is 49.5. The van der Waals surface area contributed by atoms with Crippen molar-refractivity contribution in [1.29, 1.82) is 0 Å². The summed E-state index contributed by atoms with van der Waals surface area (Å²) in [7, 11) is -7.57. The van der Waals surface area contributed by atoms with Gasteiger partial charge in [0.05, 0.1) is 16.5 Å². The maximum Gasteiger partial charge on any atom is 0.242 e. The summed E-state index contributed by atoms with van der Waals surface area (Å²) in [6, 6.07) is 3.44. The summed E-state index contributed by atoms with van der Waals surface area (Å²) >= 11 is 5.83. The van der Waals surface area contributed by atoms with Crippen LogP contribution >= 0.6 is 11.6 Å². The Morgan fingerprint density at radius 3 is 2.57 bits per heavy atom. The fourth-order valence-corrected chi connectivity index (χ4v) is 3.64. The first-order valence-electron chi connectivity index (χ1n) is 5.42. The van der Waals surface area contributed by atoms with Gasteiger partial charge in [-0.2, -0.15) is 5.21 Å². The van der Waals surface area contributed by atoms with Crippen molar-refractivity contribution in [3.63, 3.8) is 0 Å². The molecule has 1 heterocycles. The molecule has 9 nitrogen and oxygen atoms in total. The van der Waals surface area contributed by atoms with Crippen molar-refractivity contribution in [3.05, 3.63) is 29.0 Å². The molecule has 0 fully saturated rings. The van der Waals surface area contributed by atoms with E-state index in [9.17, 15) is 16.8 Å². The minimum atomic E-state index is -4.02. The molecule has 2 N–H and O–H groups in total. The first kappa shape index (κ1) is 15.8. The maximum atomic E-state index is 12.2. The van der Waals surface area contributed by atoms with Crippen molar-refractivity contribution in [2.75, 3.05) is 6.26 Å². The van der Waals surface area contributed by atoms with E-state index in [1.807, 2.05) is 0 Å². The molecule has 0 aliphatic carbocycles. The minimum absolute atomic E-state index is 0.0944. The highest BCUT2D eigenvalue weighted by Crippen LogP contribution is 2.24. The Bertz CT molecular complexity index is 848.